The van der Waals surface area contributed by atoms with Gasteiger partial charge in [0.15, 0.2) is 0 Å². The summed E-state index contributed by atoms with van der Waals surface area (Å²) in [6.45, 7) is 3.65. The average Bonchev–Trinajstić information content (AvgIpc) is 2.92. The average molecular weight is 461 g/mol. The second kappa shape index (κ2) is 12.6. The van der Waals surface area contributed by atoms with E-state index >= 15 is 0 Å². The summed E-state index contributed by atoms with van der Waals surface area (Å²) in [5, 5.41) is 12.8. The van der Waals surface area contributed by atoms with Crippen LogP contribution in [0.4, 0.5) is 0 Å². The first-order valence-corrected chi connectivity index (χ1v) is 12.3. The fraction of sp³-hybridized carbons (Fsp3) is 0.219. The van der Waals surface area contributed by atoms with Crippen LogP contribution in [0.5, 0.6) is 5.75 Å². The van der Waals surface area contributed by atoms with Crippen molar-refractivity contribution < 1.29 is 4.74 Å². The van der Waals surface area contributed by atoms with Gasteiger partial charge in [-0.15, -0.1) is 0 Å². The second-order valence-electron chi connectivity index (χ2n) is 8.97. The fourth-order valence-electron chi connectivity index (χ4n) is 4.42. The summed E-state index contributed by atoms with van der Waals surface area (Å²) in [6.07, 6.45) is 2.02. The van der Waals surface area contributed by atoms with Crippen molar-refractivity contribution in [3.05, 3.63) is 137 Å². The van der Waals surface area contributed by atoms with Crippen molar-refractivity contribution in [1.82, 2.24) is 5.32 Å². The van der Waals surface area contributed by atoms with E-state index in [-0.39, 0.29) is 0 Å². The molecule has 0 aliphatic carbocycles. The van der Waals surface area contributed by atoms with Crippen molar-refractivity contribution in [3.8, 4) is 11.8 Å². The minimum atomic E-state index is 0.377. The molecule has 0 bridgehead atoms. The van der Waals surface area contributed by atoms with Crippen molar-refractivity contribution in [3.63, 3.8) is 0 Å². The van der Waals surface area contributed by atoms with Crippen LogP contribution in [0.1, 0.15) is 47.1 Å². The van der Waals surface area contributed by atoms with Crippen molar-refractivity contribution in [2.75, 3.05) is 6.54 Å². The predicted molar refractivity (Wildman–Crippen MR) is 142 cm³/mol. The molecule has 176 valence electrons. The van der Waals surface area contributed by atoms with Crippen molar-refractivity contribution in [2.45, 2.75) is 38.3 Å². The molecule has 0 fully saturated rings. The molecule has 1 unspecified atom stereocenters. The molecule has 3 nitrogen and oxygen atoms in total. The molecule has 0 aliphatic rings. The molecule has 0 amide bonds. The molecular formula is C32H32N2O. The molecule has 0 saturated carbocycles. The first kappa shape index (κ1) is 24.3. The Morgan fingerprint density at radius 1 is 0.771 bits per heavy atom. The molecule has 1 N–H and O–H groups in total. The Morgan fingerprint density at radius 2 is 1.43 bits per heavy atom. The number of nitrogens with zero attached hydrogens (tertiary/aromatic N) is 1. The van der Waals surface area contributed by atoms with Crippen LogP contribution in [0.3, 0.4) is 0 Å². The van der Waals surface area contributed by atoms with Crippen molar-refractivity contribution >= 4 is 0 Å². The molecular weight excluding hydrogens is 428 g/mol. The Bertz CT molecular complexity index is 1170. The third-order valence-corrected chi connectivity index (χ3v) is 6.26. The van der Waals surface area contributed by atoms with Gasteiger partial charge in [-0.3, -0.25) is 0 Å². The first-order chi connectivity index (χ1) is 17.2. The van der Waals surface area contributed by atoms with E-state index in [1.165, 1.54) is 16.7 Å². The van der Waals surface area contributed by atoms with Gasteiger partial charge < -0.3 is 10.1 Å². The molecule has 4 aromatic carbocycles. The highest BCUT2D eigenvalue weighted by Crippen LogP contribution is 2.27. The van der Waals surface area contributed by atoms with Crippen LogP contribution in [0.25, 0.3) is 0 Å². The van der Waals surface area contributed by atoms with Crippen LogP contribution in [-0.2, 0) is 13.0 Å². The Balaban J connectivity index is 1.26. The standard InChI is InChI=1S/C32H32N2O/c1-25(34-20-19-32(29-11-4-2-5-12-29)30-13-6-3-7-14-30)21-26-15-17-31(18-16-26)35-24-28-10-8-9-27(22-28)23-33/h2-18,22,25,32,34H,19-21,24H2,1H3. The quantitative estimate of drug-likeness (QED) is 0.265. The van der Waals surface area contributed by atoms with E-state index in [4.69, 9.17) is 10.00 Å². The first-order valence-electron chi connectivity index (χ1n) is 12.3. The largest absolute Gasteiger partial charge is 0.489 e. The van der Waals surface area contributed by atoms with Gasteiger partial charge >= 0.3 is 0 Å². The minimum Gasteiger partial charge on any atom is -0.489 e. The highest BCUT2D eigenvalue weighted by molar-refractivity contribution is 5.34. The van der Waals surface area contributed by atoms with Crippen LogP contribution in [0.15, 0.2) is 109 Å². The van der Waals surface area contributed by atoms with E-state index in [1.807, 2.05) is 30.3 Å². The highest BCUT2D eigenvalue weighted by atomic mass is 16.5. The Morgan fingerprint density at radius 3 is 2.06 bits per heavy atom. The Hall–Kier alpha value is -3.87. The number of nitriles is 1. The Kier molecular flexibility index (Phi) is 8.70. The summed E-state index contributed by atoms with van der Waals surface area (Å²) in [4.78, 5) is 0. The van der Waals surface area contributed by atoms with Crippen LogP contribution >= 0.6 is 0 Å². The van der Waals surface area contributed by atoms with Gasteiger partial charge in [0.2, 0.25) is 0 Å². The predicted octanol–water partition coefficient (Wildman–Crippen LogP) is 6.88. The lowest BCUT2D eigenvalue weighted by Gasteiger charge is -2.20. The molecule has 4 rings (SSSR count). The maximum absolute atomic E-state index is 9.04. The van der Waals surface area contributed by atoms with Gasteiger partial charge in [0, 0.05) is 12.0 Å². The molecule has 3 heteroatoms. The molecule has 1 atom stereocenters. The number of nitrogens with one attached hydrogen (secondary N) is 1. The summed E-state index contributed by atoms with van der Waals surface area (Å²) in [5.74, 6) is 1.23. The number of hydrogen-bond donors (Lipinski definition) is 1. The molecule has 0 spiro atoms. The van der Waals surface area contributed by atoms with E-state index in [9.17, 15) is 0 Å². The van der Waals surface area contributed by atoms with Crippen molar-refractivity contribution in [2.24, 2.45) is 0 Å². The maximum Gasteiger partial charge on any atom is 0.119 e. The van der Waals surface area contributed by atoms with Gasteiger partial charge in [0.05, 0.1) is 11.6 Å². The molecule has 0 saturated heterocycles. The third-order valence-electron chi connectivity index (χ3n) is 6.26. The third kappa shape index (κ3) is 7.30. The minimum absolute atomic E-state index is 0.377. The molecule has 0 heterocycles. The van der Waals surface area contributed by atoms with Gasteiger partial charge in [-0.2, -0.15) is 5.26 Å². The van der Waals surface area contributed by atoms with Crippen LogP contribution < -0.4 is 10.1 Å². The van der Waals surface area contributed by atoms with E-state index in [1.54, 1.807) is 6.07 Å². The highest BCUT2D eigenvalue weighted by Gasteiger charge is 2.14. The summed E-state index contributed by atoms with van der Waals surface area (Å²) in [5.41, 5.74) is 5.66. The molecule has 35 heavy (non-hydrogen) atoms. The van der Waals surface area contributed by atoms with Crippen molar-refractivity contribution in [1.29, 1.82) is 5.26 Å². The number of hydrogen-bond acceptors (Lipinski definition) is 3. The molecule has 0 radical (unpaired) electrons. The SMILES string of the molecule is CC(Cc1ccc(OCc2cccc(C#N)c2)cc1)NCCC(c1ccccc1)c1ccccc1. The van der Waals surface area contributed by atoms with Gasteiger partial charge in [-0.05, 0) is 72.8 Å². The maximum atomic E-state index is 9.04. The normalized spacial score (nSPS) is 11.7. The van der Waals surface area contributed by atoms with E-state index < -0.39 is 0 Å². The summed E-state index contributed by atoms with van der Waals surface area (Å²) < 4.78 is 5.90. The van der Waals surface area contributed by atoms with Crippen LogP contribution in [-0.4, -0.2) is 12.6 Å². The van der Waals surface area contributed by atoms with Gasteiger partial charge in [-0.1, -0.05) is 84.9 Å². The van der Waals surface area contributed by atoms with Crippen LogP contribution in [0, 0.1) is 11.3 Å². The number of ether oxygens (including phenoxy) is 1. The van der Waals surface area contributed by atoms with Gasteiger partial charge in [0.1, 0.15) is 12.4 Å². The second-order valence-corrected chi connectivity index (χ2v) is 8.97. The molecule has 0 aliphatic heterocycles. The lowest BCUT2D eigenvalue weighted by atomic mass is 9.88. The number of rotatable bonds is 11. The van der Waals surface area contributed by atoms with E-state index in [0.717, 1.165) is 30.7 Å². The van der Waals surface area contributed by atoms with E-state index in [2.05, 4.69) is 91.1 Å². The topological polar surface area (TPSA) is 45.0 Å². The monoisotopic (exact) mass is 460 g/mol. The molecule has 0 aromatic heterocycles. The number of benzene rings is 4. The Labute approximate surface area is 209 Å². The summed E-state index contributed by atoms with van der Waals surface area (Å²) in [7, 11) is 0. The van der Waals surface area contributed by atoms with Crippen LogP contribution in [0.2, 0.25) is 0 Å². The van der Waals surface area contributed by atoms with E-state index in [0.29, 0.717) is 24.1 Å². The zero-order valence-electron chi connectivity index (χ0n) is 20.2. The zero-order valence-corrected chi connectivity index (χ0v) is 20.2. The summed E-state index contributed by atoms with van der Waals surface area (Å²) >= 11 is 0. The fourth-order valence-corrected chi connectivity index (χ4v) is 4.42. The lowest BCUT2D eigenvalue weighted by Crippen LogP contribution is -2.30. The van der Waals surface area contributed by atoms with Gasteiger partial charge in [-0.25, -0.2) is 0 Å². The summed E-state index contributed by atoms with van der Waals surface area (Å²) in [6, 6.07) is 39.9. The van der Waals surface area contributed by atoms with Gasteiger partial charge in [0.25, 0.3) is 0 Å². The lowest BCUT2D eigenvalue weighted by molar-refractivity contribution is 0.306. The zero-order chi connectivity index (χ0) is 24.3. The smallest absolute Gasteiger partial charge is 0.119 e. The molecule has 4 aromatic rings.